The normalized spacial score (nSPS) is 44.9. The zero-order valence-electron chi connectivity index (χ0n) is 9.08. The Balaban J connectivity index is 1.56. The first-order valence-electron chi connectivity index (χ1n) is 6.03. The van der Waals surface area contributed by atoms with Crippen molar-refractivity contribution < 1.29 is 4.74 Å². The lowest BCUT2D eigenvalue weighted by atomic mass is 9.66. The summed E-state index contributed by atoms with van der Waals surface area (Å²) in [6.45, 7) is 3.80. The molecular formula is C11H15N3OS. The molecule has 1 aromatic heterocycles. The van der Waals surface area contributed by atoms with Gasteiger partial charge in [-0.1, -0.05) is 11.3 Å². The van der Waals surface area contributed by atoms with Gasteiger partial charge in [-0.3, -0.25) is 0 Å². The van der Waals surface area contributed by atoms with Crippen LogP contribution in [0.25, 0.3) is 0 Å². The molecule has 0 amide bonds. The molecule has 1 saturated carbocycles. The highest BCUT2D eigenvalue weighted by Crippen LogP contribution is 2.44. The van der Waals surface area contributed by atoms with Crippen molar-refractivity contribution in [1.29, 1.82) is 0 Å². The predicted molar refractivity (Wildman–Crippen MR) is 60.5 cm³/mol. The Bertz CT molecular complexity index is 353. The highest BCUT2D eigenvalue weighted by atomic mass is 32.1. The van der Waals surface area contributed by atoms with Crippen LogP contribution < -0.4 is 4.74 Å². The summed E-state index contributed by atoms with van der Waals surface area (Å²) < 4.78 is 6.05. The molecule has 2 atom stereocenters. The monoisotopic (exact) mass is 237 g/mol. The third-order valence-corrected chi connectivity index (χ3v) is 4.86. The van der Waals surface area contributed by atoms with Crippen LogP contribution in [0, 0.1) is 17.8 Å². The first kappa shape index (κ1) is 9.36. The van der Waals surface area contributed by atoms with Gasteiger partial charge in [0.25, 0.3) is 5.19 Å². The van der Waals surface area contributed by atoms with Gasteiger partial charge in [0.2, 0.25) is 0 Å². The van der Waals surface area contributed by atoms with Crippen LogP contribution in [-0.2, 0) is 0 Å². The van der Waals surface area contributed by atoms with Crippen molar-refractivity contribution in [3.63, 3.8) is 0 Å². The number of aromatic nitrogens is 2. The molecule has 1 aromatic rings. The number of hydrogen-bond acceptors (Lipinski definition) is 5. The molecule has 86 valence electrons. The molecule has 1 aliphatic carbocycles. The first-order valence-corrected chi connectivity index (χ1v) is 6.91. The van der Waals surface area contributed by atoms with Crippen LogP contribution in [0.1, 0.15) is 12.8 Å². The Morgan fingerprint density at radius 1 is 1.25 bits per heavy atom. The number of hydrogen-bond donors (Lipinski definition) is 0. The minimum Gasteiger partial charge on any atom is -0.465 e. The number of ether oxygens (including phenoxy) is 1. The molecular weight excluding hydrogens is 222 g/mol. The summed E-state index contributed by atoms with van der Waals surface area (Å²) in [5.74, 6) is 2.40. The fourth-order valence-corrected chi connectivity index (χ4v) is 4.33. The second kappa shape index (κ2) is 3.40. The van der Waals surface area contributed by atoms with Crippen LogP contribution in [0.2, 0.25) is 0 Å². The van der Waals surface area contributed by atoms with Crippen molar-refractivity contribution in [3.05, 3.63) is 5.51 Å². The molecule has 4 aliphatic rings. The summed E-state index contributed by atoms with van der Waals surface area (Å²) in [7, 11) is 0. The Kier molecular flexibility index (Phi) is 1.99. The molecule has 3 aliphatic heterocycles. The highest BCUT2D eigenvalue weighted by Gasteiger charge is 2.48. The summed E-state index contributed by atoms with van der Waals surface area (Å²) in [5.41, 5.74) is 1.74. The minimum atomic E-state index is 0.403. The molecule has 0 aromatic carbocycles. The molecule has 4 fully saturated rings. The molecule has 0 unspecified atom stereocenters. The van der Waals surface area contributed by atoms with E-state index < -0.39 is 0 Å². The van der Waals surface area contributed by atoms with E-state index in [1.165, 1.54) is 43.8 Å². The van der Waals surface area contributed by atoms with Crippen molar-refractivity contribution in [2.75, 3.05) is 19.6 Å². The van der Waals surface area contributed by atoms with Gasteiger partial charge in [-0.05, 0) is 18.8 Å². The molecule has 0 radical (unpaired) electrons. The van der Waals surface area contributed by atoms with E-state index >= 15 is 0 Å². The first-order chi connectivity index (χ1) is 7.88. The Morgan fingerprint density at radius 2 is 2.06 bits per heavy atom. The van der Waals surface area contributed by atoms with Gasteiger partial charge < -0.3 is 9.64 Å². The summed E-state index contributed by atoms with van der Waals surface area (Å²) in [6.07, 6.45) is 3.12. The number of piperidine rings is 3. The fraction of sp³-hybridized carbons (Fsp3) is 0.818. The van der Waals surface area contributed by atoms with E-state index in [9.17, 15) is 0 Å². The lowest BCUT2D eigenvalue weighted by molar-refractivity contribution is -0.0986. The van der Waals surface area contributed by atoms with Crippen LogP contribution in [0.3, 0.4) is 0 Å². The number of rotatable bonds is 2. The SMILES string of the molecule is c1nnc(OC2[C@H]3CC4C[C@H]2CN(C4)C3)s1. The topological polar surface area (TPSA) is 38.3 Å². The van der Waals surface area contributed by atoms with Crippen LogP contribution >= 0.6 is 11.3 Å². The van der Waals surface area contributed by atoms with Crippen LogP contribution in [0.4, 0.5) is 0 Å². The summed E-state index contributed by atoms with van der Waals surface area (Å²) >= 11 is 1.51. The Hall–Kier alpha value is -0.680. The largest absolute Gasteiger partial charge is 0.465 e. The maximum Gasteiger partial charge on any atom is 0.294 e. The molecule has 16 heavy (non-hydrogen) atoms. The van der Waals surface area contributed by atoms with Crippen molar-refractivity contribution >= 4 is 11.3 Å². The van der Waals surface area contributed by atoms with Gasteiger partial charge >= 0.3 is 0 Å². The van der Waals surface area contributed by atoms with Gasteiger partial charge in [0.05, 0.1) is 0 Å². The van der Waals surface area contributed by atoms with Gasteiger partial charge in [0.1, 0.15) is 11.6 Å². The molecule has 4 nitrogen and oxygen atoms in total. The van der Waals surface area contributed by atoms with E-state index in [1.807, 2.05) is 0 Å². The standard InChI is InChI=1S/C11H15N3OS/c1-7-2-9-5-14(3-7)4-8(1)10(9)15-11-13-12-6-16-11/h6-10H,1-5H2/t7?,8-,9-,10?/m0/s1. The molecule has 0 N–H and O–H groups in total. The van der Waals surface area contributed by atoms with Crippen LogP contribution in [0.15, 0.2) is 5.51 Å². The summed E-state index contributed by atoms with van der Waals surface area (Å²) in [5, 5.41) is 8.60. The molecule has 0 spiro atoms. The zero-order chi connectivity index (χ0) is 10.5. The second-order valence-electron chi connectivity index (χ2n) is 5.36. The van der Waals surface area contributed by atoms with E-state index in [1.54, 1.807) is 5.51 Å². The average Bonchev–Trinajstić information content (AvgIpc) is 2.75. The van der Waals surface area contributed by atoms with E-state index in [2.05, 4.69) is 15.1 Å². The van der Waals surface area contributed by atoms with Gasteiger partial charge in [-0.15, -0.1) is 10.2 Å². The summed E-state index contributed by atoms with van der Waals surface area (Å²) in [4.78, 5) is 2.62. The maximum atomic E-state index is 6.05. The second-order valence-corrected chi connectivity index (χ2v) is 6.16. The van der Waals surface area contributed by atoms with Crippen LogP contribution in [0.5, 0.6) is 5.19 Å². The maximum absolute atomic E-state index is 6.05. The van der Waals surface area contributed by atoms with E-state index in [0.717, 1.165) is 22.9 Å². The lowest BCUT2D eigenvalue weighted by Crippen LogP contribution is -2.61. The van der Waals surface area contributed by atoms with Gasteiger partial charge in [-0.25, -0.2) is 0 Å². The van der Waals surface area contributed by atoms with Gasteiger partial charge in [0.15, 0.2) is 0 Å². The van der Waals surface area contributed by atoms with E-state index in [4.69, 9.17) is 4.74 Å². The van der Waals surface area contributed by atoms with Gasteiger partial charge in [-0.2, -0.15) is 0 Å². The third kappa shape index (κ3) is 1.38. The molecule has 3 saturated heterocycles. The third-order valence-electron chi connectivity index (χ3n) is 4.28. The van der Waals surface area contributed by atoms with Crippen molar-refractivity contribution in [2.24, 2.45) is 17.8 Å². The quantitative estimate of drug-likeness (QED) is 0.776. The molecule has 5 heteroatoms. The summed E-state index contributed by atoms with van der Waals surface area (Å²) in [6, 6.07) is 0. The van der Waals surface area contributed by atoms with E-state index in [-0.39, 0.29) is 0 Å². The van der Waals surface area contributed by atoms with E-state index in [0.29, 0.717) is 6.10 Å². The fourth-order valence-electron chi connectivity index (χ4n) is 3.89. The Morgan fingerprint density at radius 3 is 2.69 bits per heavy atom. The lowest BCUT2D eigenvalue weighted by Gasteiger charge is -2.54. The number of nitrogens with zero attached hydrogens (tertiary/aromatic N) is 3. The predicted octanol–water partition coefficient (Wildman–Crippen LogP) is 1.26. The smallest absolute Gasteiger partial charge is 0.294 e. The van der Waals surface area contributed by atoms with Gasteiger partial charge in [0, 0.05) is 31.5 Å². The van der Waals surface area contributed by atoms with Crippen molar-refractivity contribution in [2.45, 2.75) is 18.9 Å². The highest BCUT2D eigenvalue weighted by molar-refractivity contribution is 7.11. The molecule has 4 heterocycles. The Labute approximate surface area is 98.6 Å². The van der Waals surface area contributed by atoms with Crippen LogP contribution in [-0.4, -0.2) is 40.8 Å². The molecule has 5 rings (SSSR count). The van der Waals surface area contributed by atoms with Crippen molar-refractivity contribution in [3.8, 4) is 5.19 Å². The minimum absolute atomic E-state index is 0.403. The average molecular weight is 237 g/mol. The zero-order valence-corrected chi connectivity index (χ0v) is 9.90. The van der Waals surface area contributed by atoms with Crippen molar-refractivity contribution in [1.82, 2.24) is 15.1 Å². The molecule has 4 bridgehead atoms.